The monoisotopic (exact) mass is 301 g/mol. The number of aliphatic carboxylic acids is 1. The fraction of sp³-hybridized carbons (Fsp3) is 0.692. The van der Waals surface area contributed by atoms with Gasteiger partial charge in [-0.15, -0.1) is 0 Å². The molecule has 0 aliphatic carbocycles. The van der Waals surface area contributed by atoms with Crippen molar-refractivity contribution in [1.29, 1.82) is 0 Å². The first-order valence-corrected chi connectivity index (χ1v) is 6.53. The Kier molecular flexibility index (Phi) is 6.84. The molecule has 0 fully saturated rings. The van der Waals surface area contributed by atoms with E-state index in [2.05, 4.69) is 16.0 Å². The SMILES string of the molecule is CC(=O)NC(C)C(=O)NC(CC(=O)O)C(=O)NC(C)(C)C. The molecular formula is C13H23N3O5. The van der Waals surface area contributed by atoms with Crippen LogP contribution in [0.15, 0.2) is 0 Å². The molecule has 8 nitrogen and oxygen atoms in total. The number of hydrogen-bond acceptors (Lipinski definition) is 4. The Morgan fingerprint density at radius 3 is 1.95 bits per heavy atom. The van der Waals surface area contributed by atoms with Gasteiger partial charge in [-0.1, -0.05) is 0 Å². The van der Waals surface area contributed by atoms with Crippen molar-refractivity contribution in [1.82, 2.24) is 16.0 Å². The van der Waals surface area contributed by atoms with Crippen LogP contribution >= 0.6 is 0 Å². The molecule has 2 unspecified atom stereocenters. The van der Waals surface area contributed by atoms with Gasteiger partial charge in [0.1, 0.15) is 12.1 Å². The highest BCUT2D eigenvalue weighted by molar-refractivity contribution is 5.93. The molecule has 120 valence electrons. The summed E-state index contributed by atoms with van der Waals surface area (Å²) >= 11 is 0. The van der Waals surface area contributed by atoms with Gasteiger partial charge in [0, 0.05) is 12.5 Å². The van der Waals surface area contributed by atoms with E-state index in [0.29, 0.717) is 0 Å². The molecule has 0 rings (SSSR count). The van der Waals surface area contributed by atoms with Crippen LogP contribution < -0.4 is 16.0 Å². The molecule has 0 heterocycles. The molecule has 0 aromatic heterocycles. The predicted octanol–water partition coefficient (Wildman–Crippen LogP) is -0.615. The first-order valence-electron chi connectivity index (χ1n) is 6.53. The third kappa shape index (κ3) is 8.61. The second kappa shape index (κ2) is 7.61. The molecule has 0 aliphatic rings. The number of nitrogens with one attached hydrogen (secondary N) is 3. The minimum absolute atomic E-state index is 0.397. The van der Waals surface area contributed by atoms with Gasteiger partial charge in [0.2, 0.25) is 17.7 Å². The quantitative estimate of drug-likeness (QED) is 0.520. The Bertz CT molecular complexity index is 428. The molecule has 2 atom stereocenters. The van der Waals surface area contributed by atoms with Gasteiger partial charge in [0.15, 0.2) is 0 Å². The molecule has 0 saturated carbocycles. The first-order chi connectivity index (χ1) is 9.42. The molecular weight excluding hydrogens is 278 g/mol. The summed E-state index contributed by atoms with van der Waals surface area (Å²) in [5, 5.41) is 16.1. The minimum atomic E-state index is -1.21. The highest BCUT2D eigenvalue weighted by Crippen LogP contribution is 2.02. The summed E-state index contributed by atoms with van der Waals surface area (Å²) in [7, 11) is 0. The Balaban J connectivity index is 4.84. The van der Waals surface area contributed by atoms with Crippen molar-refractivity contribution >= 4 is 23.7 Å². The smallest absolute Gasteiger partial charge is 0.305 e. The number of carbonyl (C=O) groups is 4. The van der Waals surface area contributed by atoms with Gasteiger partial charge in [-0.25, -0.2) is 0 Å². The molecule has 21 heavy (non-hydrogen) atoms. The van der Waals surface area contributed by atoms with Gasteiger partial charge in [0.05, 0.1) is 6.42 Å². The molecule has 0 aliphatic heterocycles. The lowest BCUT2D eigenvalue weighted by Gasteiger charge is -2.25. The van der Waals surface area contributed by atoms with Crippen molar-refractivity contribution in [3.05, 3.63) is 0 Å². The van der Waals surface area contributed by atoms with E-state index in [1.54, 1.807) is 20.8 Å². The van der Waals surface area contributed by atoms with Crippen LogP contribution in [0.4, 0.5) is 0 Å². The van der Waals surface area contributed by atoms with Crippen molar-refractivity contribution in [3.63, 3.8) is 0 Å². The number of carboxylic acids is 1. The van der Waals surface area contributed by atoms with Crippen molar-refractivity contribution in [3.8, 4) is 0 Å². The van der Waals surface area contributed by atoms with Crippen LogP contribution in [0.25, 0.3) is 0 Å². The van der Waals surface area contributed by atoms with Gasteiger partial charge in [-0.2, -0.15) is 0 Å². The Morgan fingerprint density at radius 1 is 1.05 bits per heavy atom. The van der Waals surface area contributed by atoms with E-state index < -0.39 is 47.7 Å². The topological polar surface area (TPSA) is 125 Å². The summed E-state index contributed by atoms with van der Waals surface area (Å²) in [5.74, 6) is -2.82. The van der Waals surface area contributed by atoms with E-state index >= 15 is 0 Å². The van der Waals surface area contributed by atoms with Gasteiger partial charge in [-0.3, -0.25) is 19.2 Å². The standard InChI is InChI=1S/C13H23N3O5/c1-7(14-8(2)17)11(20)15-9(6-10(18)19)12(21)16-13(3,4)5/h7,9H,6H2,1-5H3,(H,14,17)(H,15,20)(H,16,21)(H,18,19). The summed E-state index contributed by atoms with van der Waals surface area (Å²) in [6.07, 6.45) is -0.541. The van der Waals surface area contributed by atoms with E-state index in [9.17, 15) is 19.2 Å². The van der Waals surface area contributed by atoms with Crippen LogP contribution in [-0.2, 0) is 19.2 Å². The average Bonchev–Trinajstić information content (AvgIpc) is 2.23. The van der Waals surface area contributed by atoms with Crippen molar-refractivity contribution in [2.75, 3.05) is 0 Å². The van der Waals surface area contributed by atoms with Crippen molar-refractivity contribution < 1.29 is 24.3 Å². The molecule has 8 heteroatoms. The van der Waals surface area contributed by atoms with Gasteiger partial charge >= 0.3 is 5.97 Å². The van der Waals surface area contributed by atoms with E-state index in [-0.39, 0.29) is 0 Å². The zero-order chi connectivity index (χ0) is 16.8. The number of hydrogen-bond donors (Lipinski definition) is 4. The van der Waals surface area contributed by atoms with E-state index in [4.69, 9.17) is 5.11 Å². The minimum Gasteiger partial charge on any atom is -0.481 e. The number of amides is 3. The third-order valence-corrected chi connectivity index (χ3v) is 2.32. The lowest BCUT2D eigenvalue weighted by atomic mass is 10.1. The maximum atomic E-state index is 12.0. The maximum Gasteiger partial charge on any atom is 0.305 e. The van der Waals surface area contributed by atoms with Gasteiger partial charge in [-0.05, 0) is 27.7 Å². The van der Waals surface area contributed by atoms with E-state index in [1.807, 2.05) is 0 Å². The highest BCUT2D eigenvalue weighted by Gasteiger charge is 2.28. The molecule has 0 radical (unpaired) electrons. The molecule has 0 saturated heterocycles. The Morgan fingerprint density at radius 2 is 1.57 bits per heavy atom. The molecule has 0 bridgehead atoms. The number of carbonyl (C=O) groups excluding carboxylic acids is 3. The second-order valence-electron chi connectivity index (χ2n) is 5.82. The summed E-state index contributed by atoms with van der Waals surface area (Å²) < 4.78 is 0. The zero-order valence-corrected chi connectivity index (χ0v) is 12.9. The summed E-state index contributed by atoms with van der Waals surface area (Å²) in [4.78, 5) is 45.5. The summed E-state index contributed by atoms with van der Waals surface area (Å²) in [5.41, 5.74) is -0.554. The molecule has 4 N–H and O–H groups in total. The molecule has 0 aromatic rings. The van der Waals surface area contributed by atoms with Crippen LogP contribution in [0.3, 0.4) is 0 Å². The number of rotatable bonds is 6. The third-order valence-electron chi connectivity index (χ3n) is 2.32. The fourth-order valence-electron chi connectivity index (χ4n) is 1.51. The van der Waals surface area contributed by atoms with E-state index in [0.717, 1.165) is 0 Å². The van der Waals surface area contributed by atoms with Gasteiger partial charge in [0.25, 0.3) is 0 Å². The Labute approximate surface area is 123 Å². The largest absolute Gasteiger partial charge is 0.481 e. The fourth-order valence-corrected chi connectivity index (χ4v) is 1.51. The van der Waals surface area contributed by atoms with Crippen molar-refractivity contribution in [2.24, 2.45) is 0 Å². The first kappa shape index (κ1) is 18.9. The van der Waals surface area contributed by atoms with Crippen LogP contribution in [0, 0.1) is 0 Å². The summed E-state index contributed by atoms with van der Waals surface area (Å²) in [6.45, 7) is 7.92. The van der Waals surface area contributed by atoms with Crippen LogP contribution in [0.5, 0.6) is 0 Å². The van der Waals surface area contributed by atoms with Crippen LogP contribution in [0.2, 0.25) is 0 Å². The zero-order valence-electron chi connectivity index (χ0n) is 12.9. The predicted molar refractivity (Wildman–Crippen MR) is 75.4 cm³/mol. The highest BCUT2D eigenvalue weighted by atomic mass is 16.4. The molecule has 0 aromatic carbocycles. The van der Waals surface area contributed by atoms with E-state index in [1.165, 1.54) is 13.8 Å². The second-order valence-corrected chi connectivity index (χ2v) is 5.82. The molecule has 0 spiro atoms. The van der Waals surface area contributed by atoms with Crippen LogP contribution in [-0.4, -0.2) is 46.4 Å². The molecule has 3 amide bonds. The van der Waals surface area contributed by atoms with Crippen molar-refractivity contribution in [2.45, 2.75) is 58.7 Å². The lowest BCUT2D eigenvalue weighted by molar-refractivity contribution is -0.141. The van der Waals surface area contributed by atoms with Crippen LogP contribution in [0.1, 0.15) is 41.0 Å². The normalized spacial score (nSPS) is 13.8. The van der Waals surface area contributed by atoms with Gasteiger partial charge < -0.3 is 21.1 Å². The summed E-state index contributed by atoms with van der Waals surface area (Å²) in [6, 6.07) is -2.06. The lowest BCUT2D eigenvalue weighted by Crippen LogP contribution is -2.55. The maximum absolute atomic E-state index is 12.0. The Hall–Kier alpha value is -2.12. The average molecular weight is 301 g/mol. The number of carboxylic acid groups (broad SMARTS) is 1.